The van der Waals surface area contributed by atoms with E-state index in [2.05, 4.69) is 25.6 Å². The van der Waals surface area contributed by atoms with E-state index in [-0.39, 0.29) is 10.8 Å². The average Bonchev–Trinajstić information content (AvgIpc) is 2.20. The van der Waals surface area contributed by atoms with Crippen LogP contribution in [-0.4, -0.2) is 39.6 Å². The molecule has 0 aliphatic carbocycles. The van der Waals surface area contributed by atoms with Crippen LogP contribution in [0.1, 0.15) is 0 Å². The van der Waals surface area contributed by atoms with Gasteiger partial charge in [-0.25, -0.2) is 21.8 Å². The summed E-state index contributed by atoms with van der Waals surface area (Å²) in [6.07, 6.45) is 2.38. The molecule has 0 aliphatic heterocycles. The molecule has 0 amide bonds. The maximum atomic E-state index is 11.6. The Labute approximate surface area is 119 Å². The van der Waals surface area contributed by atoms with Crippen LogP contribution in [-0.2, 0) is 19.9 Å². The van der Waals surface area contributed by atoms with Crippen molar-refractivity contribution in [3.8, 4) is 0 Å². The molecule has 10 heteroatoms. The number of hydrogen-bond acceptors (Lipinski definition) is 5. The molecule has 0 spiro atoms. The van der Waals surface area contributed by atoms with Crippen molar-refractivity contribution < 1.29 is 16.8 Å². The standard InChI is InChI=1S/C8H10BrClN2O4S2/c1-17(13,14)2-3-18(15,16)12-7-4-6(9)5-11-8(7)10/h4-5,12H,2-3H2,1H3. The molecule has 102 valence electrons. The lowest BCUT2D eigenvalue weighted by Gasteiger charge is -2.08. The van der Waals surface area contributed by atoms with E-state index in [0.29, 0.717) is 4.47 Å². The highest BCUT2D eigenvalue weighted by Gasteiger charge is 2.16. The Balaban J connectivity index is 2.86. The van der Waals surface area contributed by atoms with Gasteiger partial charge in [0.15, 0.2) is 5.15 Å². The second kappa shape index (κ2) is 5.72. The highest BCUT2D eigenvalue weighted by molar-refractivity contribution is 9.10. The Kier molecular flexibility index (Phi) is 4.98. The lowest BCUT2D eigenvalue weighted by molar-refractivity contribution is 0.593. The Hall–Kier alpha value is -0.380. The minimum atomic E-state index is -3.78. The zero-order valence-corrected chi connectivity index (χ0v) is 13.2. The van der Waals surface area contributed by atoms with Crippen LogP contribution in [0.4, 0.5) is 5.69 Å². The molecule has 1 aromatic heterocycles. The maximum absolute atomic E-state index is 11.6. The van der Waals surface area contributed by atoms with Gasteiger partial charge in [-0.15, -0.1) is 0 Å². The summed E-state index contributed by atoms with van der Waals surface area (Å²) in [4.78, 5) is 3.75. The summed E-state index contributed by atoms with van der Waals surface area (Å²) in [7, 11) is -7.13. The number of sulfonamides is 1. The molecule has 0 aliphatic rings. The van der Waals surface area contributed by atoms with Crippen molar-refractivity contribution in [1.29, 1.82) is 0 Å². The molecule has 0 aromatic carbocycles. The number of pyridine rings is 1. The first kappa shape index (κ1) is 15.7. The van der Waals surface area contributed by atoms with Gasteiger partial charge in [0.05, 0.1) is 17.2 Å². The van der Waals surface area contributed by atoms with Crippen molar-refractivity contribution >= 4 is 53.1 Å². The van der Waals surface area contributed by atoms with Gasteiger partial charge in [0.25, 0.3) is 0 Å². The SMILES string of the molecule is CS(=O)(=O)CCS(=O)(=O)Nc1cc(Br)cnc1Cl. The summed E-state index contributed by atoms with van der Waals surface area (Å²) in [6.45, 7) is 0. The summed E-state index contributed by atoms with van der Waals surface area (Å²) in [5, 5.41) is -0.0128. The van der Waals surface area contributed by atoms with Crippen molar-refractivity contribution in [3.63, 3.8) is 0 Å². The summed E-state index contributed by atoms with van der Waals surface area (Å²) in [5.74, 6) is -0.990. The first-order valence-electron chi connectivity index (χ1n) is 4.58. The van der Waals surface area contributed by atoms with E-state index in [1.165, 1.54) is 12.3 Å². The third kappa shape index (κ3) is 5.51. The molecule has 1 rings (SSSR count). The Bertz CT molecular complexity index is 645. The van der Waals surface area contributed by atoms with E-state index in [1.54, 1.807) is 0 Å². The van der Waals surface area contributed by atoms with Crippen LogP contribution in [0.5, 0.6) is 0 Å². The third-order valence-electron chi connectivity index (χ3n) is 1.79. The number of aromatic nitrogens is 1. The highest BCUT2D eigenvalue weighted by Crippen LogP contribution is 2.23. The quantitative estimate of drug-likeness (QED) is 0.780. The van der Waals surface area contributed by atoms with E-state index in [0.717, 1.165) is 6.26 Å². The van der Waals surface area contributed by atoms with Gasteiger partial charge in [-0.3, -0.25) is 4.72 Å². The topological polar surface area (TPSA) is 93.2 Å². The van der Waals surface area contributed by atoms with E-state index in [1.807, 2.05) is 0 Å². The van der Waals surface area contributed by atoms with E-state index in [9.17, 15) is 16.8 Å². The molecular formula is C8H10BrClN2O4S2. The number of sulfone groups is 1. The van der Waals surface area contributed by atoms with Crippen LogP contribution in [0, 0.1) is 0 Å². The normalized spacial score (nSPS) is 12.4. The summed E-state index contributed by atoms with van der Waals surface area (Å²) >= 11 is 8.84. The Morgan fingerprint density at radius 3 is 2.50 bits per heavy atom. The summed E-state index contributed by atoms with van der Waals surface area (Å²) in [5.41, 5.74) is 0.0968. The number of halogens is 2. The van der Waals surface area contributed by atoms with Gasteiger partial charge in [0, 0.05) is 16.9 Å². The summed E-state index contributed by atoms with van der Waals surface area (Å²) < 4.78 is 47.8. The Morgan fingerprint density at radius 1 is 1.33 bits per heavy atom. The molecule has 1 heterocycles. The van der Waals surface area contributed by atoms with Crippen LogP contribution in [0.2, 0.25) is 5.15 Å². The number of rotatable bonds is 5. The molecule has 0 fully saturated rings. The fourth-order valence-corrected chi connectivity index (χ4v) is 4.19. The van der Waals surface area contributed by atoms with Crippen LogP contribution < -0.4 is 4.72 Å². The molecule has 0 radical (unpaired) electrons. The predicted molar refractivity (Wildman–Crippen MR) is 74.1 cm³/mol. The second-order valence-electron chi connectivity index (χ2n) is 3.54. The zero-order chi connectivity index (χ0) is 14.0. The van der Waals surface area contributed by atoms with Gasteiger partial charge in [0.1, 0.15) is 9.84 Å². The lowest BCUT2D eigenvalue weighted by Crippen LogP contribution is -2.22. The minimum absolute atomic E-state index is 0.0128. The summed E-state index contributed by atoms with van der Waals surface area (Å²) in [6, 6.07) is 1.44. The third-order valence-corrected chi connectivity index (χ3v) is 5.01. The molecule has 0 unspecified atom stereocenters. The molecule has 1 N–H and O–H groups in total. The van der Waals surface area contributed by atoms with Gasteiger partial charge in [-0.2, -0.15) is 0 Å². The van der Waals surface area contributed by atoms with Gasteiger partial charge in [-0.05, 0) is 22.0 Å². The van der Waals surface area contributed by atoms with Crippen molar-refractivity contribution in [2.45, 2.75) is 0 Å². The van der Waals surface area contributed by atoms with Crippen LogP contribution in [0.15, 0.2) is 16.7 Å². The fraction of sp³-hybridized carbons (Fsp3) is 0.375. The van der Waals surface area contributed by atoms with Crippen molar-refractivity contribution in [1.82, 2.24) is 4.98 Å². The first-order valence-corrected chi connectivity index (χ1v) is 9.47. The largest absolute Gasteiger partial charge is 0.280 e. The van der Waals surface area contributed by atoms with Crippen LogP contribution in [0.3, 0.4) is 0 Å². The number of nitrogens with zero attached hydrogens (tertiary/aromatic N) is 1. The van der Waals surface area contributed by atoms with Gasteiger partial charge in [-0.1, -0.05) is 11.6 Å². The van der Waals surface area contributed by atoms with E-state index in [4.69, 9.17) is 11.6 Å². The van der Waals surface area contributed by atoms with Crippen molar-refractivity contribution in [2.75, 3.05) is 22.5 Å². The number of hydrogen-bond donors (Lipinski definition) is 1. The molecule has 0 saturated heterocycles. The van der Waals surface area contributed by atoms with Gasteiger partial charge in [0.2, 0.25) is 10.0 Å². The zero-order valence-electron chi connectivity index (χ0n) is 9.22. The average molecular weight is 378 g/mol. The minimum Gasteiger partial charge on any atom is -0.280 e. The highest BCUT2D eigenvalue weighted by atomic mass is 79.9. The number of nitrogens with one attached hydrogen (secondary N) is 1. The molecular weight excluding hydrogens is 368 g/mol. The van der Waals surface area contributed by atoms with E-state index >= 15 is 0 Å². The second-order valence-corrected chi connectivity index (χ2v) is 8.92. The van der Waals surface area contributed by atoms with Crippen LogP contribution in [0.25, 0.3) is 0 Å². The van der Waals surface area contributed by atoms with Crippen molar-refractivity contribution in [3.05, 3.63) is 21.9 Å². The Morgan fingerprint density at radius 2 is 1.94 bits per heavy atom. The smallest absolute Gasteiger partial charge is 0.233 e. The lowest BCUT2D eigenvalue weighted by atomic mass is 10.4. The van der Waals surface area contributed by atoms with Crippen LogP contribution >= 0.6 is 27.5 Å². The molecule has 1 aromatic rings. The van der Waals surface area contributed by atoms with Gasteiger partial charge >= 0.3 is 0 Å². The maximum Gasteiger partial charge on any atom is 0.233 e. The van der Waals surface area contributed by atoms with Gasteiger partial charge < -0.3 is 0 Å². The fourth-order valence-electron chi connectivity index (χ4n) is 0.974. The molecule has 0 saturated carbocycles. The molecule has 0 bridgehead atoms. The first-order chi connectivity index (χ1) is 8.09. The van der Waals surface area contributed by atoms with Crippen molar-refractivity contribution in [2.24, 2.45) is 0 Å². The number of anilines is 1. The molecule has 6 nitrogen and oxygen atoms in total. The van der Waals surface area contributed by atoms with E-state index < -0.39 is 31.4 Å². The molecule has 18 heavy (non-hydrogen) atoms. The predicted octanol–water partition coefficient (Wildman–Crippen LogP) is 1.28. The molecule has 0 atom stereocenters. The monoisotopic (exact) mass is 376 g/mol.